The molecule has 0 amide bonds. The Balaban J connectivity index is 1.88. The van der Waals surface area contributed by atoms with Crippen molar-refractivity contribution in [2.24, 2.45) is 11.8 Å². The number of nitrogens with zero attached hydrogens (tertiary/aromatic N) is 2. The first-order valence-electron chi connectivity index (χ1n) is 7.96. The van der Waals surface area contributed by atoms with Crippen LogP contribution < -0.4 is 5.49 Å². The van der Waals surface area contributed by atoms with Crippen molar-refractivity contribution >= 4 is 26.8 Å². The first-order valence-corrected chi connectivity index (χ1v) is 8.75. The van der Waals surface area contributed by atoms with E-state index in [-0.39, 0.29) is 0 Å². The van der Waals surface area contributed by atoms with Crippen LogP contribution in [0.1, 0.15) is 49.9 Å². The van der Waals surface area contributed by atoms with Crippen LogP contribution in [0.5, 0.6) is 0 Å². The van der Waals surface area contributed by atoms with Crippen LogP contribution in [-0.2, 0) is 0 Å². The molecule has 1 N–H and O–H groups in total. The van der Waals surface area contributed by atoms with Crippen LogP contribution in [0.3, 0.4) is 0 Å². The van der Waals surface area contributed by atoms with E-state index in [0.717, 1.165) is 27.2 Å². The number of halogens is 1. The first-order chi connectivity index (χ1) is 10.2. The van der Waals surface area contributed by atoms with Crippen LogP contribution in [0.15, 0.2) is 22.7 Å². The highest BCUT2D eigenvalue weighted by Gasteiger charge is 2.43. The summed E-state index contributed by atoms with van der Waals surface area (Å²) in [5, 5.41) is 9.76. The zero-order valence-electron chi connectivity index (χ0n) is 11.8. The molecule has 0 spiro atoms. The minimum atomic E-state index is 0.507. The van der Waals surface area contributed by atoms with Crippen molar-refractivity contribution in [3.63, 3.8) is 0 Å². The Hall–Kier alpha value is -1.16. The second-order valence-electron chi connectivity index (χ2n) is 7.08. The van der Waals surface area contributed by atoms with Gasteiger partial charge in [-0.05, 0) is 72.0 Å². The van der Waals surface area contributed by atoms with Gasteiger partial charge in [0, 0.05) is 16.4 Å². The Morgan fingerprint density at radius 2 is 1.86 bits per heavy atom. The number of fused-ring (bicyclic) bond motifs is 1. The molecule has 2 atom stereocenters. The van der Waals surface area contributed by atoms with E-state index in [4.69, 9.17) is 10.4 Å². The lowest BCUT2D eigenvalue weighted by atomic mass is 9.68. The van der Waals surface area contributed by atoms with Crippen LogP contribution in [0.2, 0.25) is 0 Å². The summed E-state index contributed by atoms with van der Waals surface area (Å²) in [6.07, 6.45) is 6.51. The molecule has 4 heteroatoms. The summed E-state index contributed by atoms with van der Waals surface area (Å²) in [6.45, 7) is 0. The third-order valence-electron chi connectivity index (χ3n) is 5.79. The minimum Gasteiger partial charge on any atom is -0.311 e. The Kier molecular flexibility index (Phi) is 2.47. The third kappa shape index (κ3) is 1.65. The second-order valence-corrected chi connectivity index (χ2v) is 7.94. The maximum atomic E-state index is 8.78. The summed E-state index contributed by atoms with van der Waals surface area (Å²) in [5.74, 6) is 3.49. The Morgan fingerprint density at radius 3 is 2.62 bits per heavy atom. The van der Waals surface area contributed by atoms with Crippen molar-refractivity contribution in [3.05, 3.63) is 34.0 Å². The number of benzene rings is 1. The first kappa shape index (κ1) is 12.4. The standard InChI is InChI=1S/C17H18BrN3/c18-13-2-1-3-14-15(13)16(19)21-12-7-9-4-10(8-12)6-11(5-9)17(21)20-14/h1-3,9-12,19H,4-8H2. The van der Waals surface area contributed by atoms with Crippen molar-refractivity contribution in [1.29, 1.82) is 5.41 Å². The molecule has 2 fully saturated rings. The van der Waals surface area contributed by atoms with E-state index in [1.54, 1.807) is 0 Å². The second kappa shape index (κ2) is 4.19. The van der Waals surface area contributed by atoms with Crippen molar-refractivity contribution in [3.8, 4) is 0 Å². The summed E-state index contributed by atoms with van der Waals surface area (Å²) in [4.78, 5) is 5.01. The van der Waals surface area contributed by atoms with Gasteiger partial charge in [-0.15, -0.1) is 0 Å². The summed E-state index contributed by atoms with van der Waals surface area (Å²) < 4.78 is 3.29. The molecule has 2 aromatic rings. The van der Waals surface area contributed by atoms with E-state index in [1.165, 1.54) is 37.9 Å². The lowest BCUT2D eigenvalue weighted by Gasteiger charge is -2.37. The fourth-order valence-corrected chi connectivity index (χ4v) is 5.69. The highest BCUT2D eigenvalue weighted by atomic mass is 79.9. The number of aromatic nitrogens is 2. The molecule has 4 aliphatic rings. The summed E-state index contributed by atoms with van der Waals surface area (Å²) in [7, 11) is 0. The molecule has 0 radical (unpaired) electrons. The van der Waals surface area contributed by atoms with Gasteiger partial charge in [0.2, 0.25) is 0 Å². The molecule has 6 rings (SSSR count). The van der Waals surface area contributed by atoms with Crippen LogP contribution in [0.25, 0.3) is 10.9 Å². The van der Waals surface area contributed by atoms with E-state index < -0.39 is 0 Å². The van der Waals surface area contributed by atoms with E-state index in [1.807, 2.05) is 12.1 Å². The third-order valence-corrected chi connectivity index (χ3v) is 6.46. The van der Waals surface area contributed by atoms with Gasteiger partial charge in [-0.25, -0.2) is 4.98 Å². The van der Waals surface area contributed by atoms with Gasteiger partial charge in [-0.2, -0.15) is 0 Å². The minimum absolute atomic E-state index is 0.507. The molecular weight excluding hydrogens is 326 g/mol. The molecule has 2 unspecified atom stereocenters. The number of nitrogens with one attached hydrogen (secondary N) is 1. The predicted molar refractivity (Wildman–Crippen MR) is 85.1 cm³/mol. The van der Waals surface area contributed by atoms with Crippen LogP contribution >= 0.6 is 15.9 Å². The molecule has 21 heavy (non-hydrogen) atoms. The monoisotopic (exact) mass is 343 g/mol. The zero-order chi connectivity index (χ0) is 14.1. The van der Waals surface area contributed by atoms with Gasteiger partial charge in [0.25, 0.3) is 0 Å². The maximum Gasteiger partial charge on any atom is 0.137 e. The molecular formula is C17H18BrN3. The fraction of sp³-hybridized carbons (Fsp3) is 0.529. The summed E-state index contributed by atoms with van der Waals surface area (Å²) >= 11 is 3.61. The Labute approximate surface area is 132 Å². The van der Waals surface area contributed by atoms with Crippen LogP contribution in [-0.4, -0.2) is 9.55 Å². The van der Waals surface area contributed by atoms with Crippen LogP contribution in [0, 0.1) is 17.2 Å². The van der Waals surface area contributed by atoms with E-state index >= 15 is 0 Å². The average molecular weight is 344 g/mol. The van der Waals surface area contributed by atoms with E-state index in [2.05, 4.69) is 26.6 Å². The van der Waals surface area contributed by atoms with Crippen molar-refractivity contribution < 1.29 is 0 Å². The number of hydrogen-bond donors (Lipinski definition) is 1. The maximum absolute atomic E-state index is 8.78. The van der Waals surface area contributed by atoms with Gasteiger partial charge in [-0.3, -0.25) is 5.41 Å². The van der Waals surface area contributed by atoms with Gasteiger partial charge in [0.05, 0.1) is 10.9 Å². The van der Waals surface area contributed by atoms with E-state index in [0.29, 0.717) is 17.4 Å². The van der Waals surface area contributed by atoms with Gasteiger partial charge in [0.1, 0.15) is 11.3 Å². The average Bonchev–Trinajstić information content (AvgIpc) is 2.61. The summed E-state index contributed by atoms with van der Waals surface area (Å²) in [6, 6.07) is 6.60. The SMILES string of the molecule is N=c1c2c(Br)cccc2nc2n1C1CC3CC(CC2C3)C1. The van der Waals surface area contributed by atoms with Gasteiger partial charge in [-0.1, -0.05) is 6.07 Å². The molecule has 4 bridgehead atoms. The molecule has 1 aromatic heterocycles. The molecule has 3 nitrogen and oxygen atoms in total. The molecule has 2 aliphatic carbocycles. The van der Waals surface area contributed by atoms with Gasteiger partial charge < -0.3 is 4.57 Å². The fourth-order valence-electron chi connectivity index (χ4n) is 5.15. The number of rotatable bonds is 0. The van der Waals surface area contributed by atoms with Gasteiger partial charge in [0.15, 0.2) is 0 Å². The molecule has 0 saturated heterocycles. The highest BCUT2D eigenvalue weighted by Crippen LogP contribution is 2.52. The topological polar surface area (TPSA) is 41.7 Å². The van der Waals surface area contributed by atoms with Gasteiger partial charge >= 0.3 is 0 Å². The highest BCUT2D eigenvalue weighted by molar-refractivity contribution is 9.10. The quantitative estimate of drug-likeness (QED) is 0.767. The lowest BCUT2D eigenvalue weighted by Crippen LogP contribution is -2.31. The molecule has 3 heterocycles. The normalized spacial score (nSPS) is 33.2. The largest absolute Gasteiger partial charge is 0.311 e. The van der Waals surface area contributed by atoms with Crippen molar-refractivity contribution in [2.45, 2.75) is 44.1 Å². The van der Waals surface area contributed by atoms with Crippen LogP contribution in [0.4, 0.5) is 0 Å². The Morgan fingerprint density at radius 1 is 1.10 bits per heavy atom. The zero-order valence-corrected chi connectivity index (χ0v) is 13.4. The molecule has 108 valence electrons. The number of hydrogen-bond acceptors (Lipinski definition) is 2. The predicted octanol–water partition coefficient (Wildman–Crippen LogP) is 4.13. The lowest BCUT2D eigenvalue weighted by molar-refractivity contribution is 0.150. The molecule has 2 saturated carbocycles. The smallest absolute Gasteiger partial charge is 0.137 e. The molecule has 2 aliphatic heterocycles. The van der Waals surface area contributed by atoms with Crippen molar-refractivity contribution in [1.82, 2.24) is 9.55 Å². The summed E-state index contributed by atoms with van der Waals surface area (Å²) in [5.41, 5.74) is 1.64. The van der Waals surface area contributed by atoms with E-state index in [9.17, 15) is 0 Å². The van der Waals surface area contributed by atoms with Crippen molar-refractivity contribution in [2.75, 3.05) is 0 Å². The molecule has 1 aromatic carbocycles. The Bertz CT molecular complexity index is 796.